The van der Waals surface area contributed by atoms with Crippen molar-refractivity contribution in [2.24, 2.45) is 5.73 Å². The van der Waals surface area contributed by atoms with Gasteiger partial charge in [0.2, 0.25) is 10.0 Å². The molecule has 1 aromatic heterocycles. The quantitative estimate of drug-likeness (QED) is 0.881. The van der Waals surface area contributed by atoms with Gasteiger partial charge in [0.1, 0.15) is 0 Å². The van der Waals surface area contributed by atoms with Crippen LogP contribution in [0.5, 0.6) is 0 Å². The van der Waals surface area contributed by atoms with Crippen molar-refractivity contribution in [2.45, 2.75) is 25.3 Å². The van der Waals surface area contributed by atoms with E-state index in [0.29, 0.717) is 13.1 Å². The minimum Gasteiger partial charge on any atom is -0.323 e. The molecule has 1 unspecified atom stereocenters. The third-order valence-electron chi connectivity index (χ3n) is 3.23. The predicted octanol–water partition coefficient (Wildman–Crippen LogP) is 0.897. The number of sulfonamides is 1. The zero-order valence-corrected chi connectivity index (χ0v) is 11.1. The van der Waals surface area contributed by atoms with E-state index in [4.69, 9.17) is 5.73 Å². The van der Waals surface area contributed by atoms with E-state index >= 15 is 0 Å². The van der Waals surface area contributed by atoms with Crippen molar-refractivity contribution < 1.29 is 8.42 Å². The molecular formula is C12H19N3O2S. The number of aromatic nitrogens is 1. The Morgan fingerprint density at radius 3 is 2.44 bits per heavy atom. The fraction of sp³-hybridized carbons (Fsp3) is 0.583. The van der Waals surface area contributed by atoms with Gasteiger partial charge in [-0.05, 0) is 30.5 Å². The lowest BCUT2D eigenvalue weighted by atomic mass is 10.1. The zero-order valence-electron chi connectivity index (χ0n) is 10.3. The number of piperidine rings is 1. The molecule has 1 atom stereocenters. The Hall–Kier alpha value is -0.980. The third kappa shape index (κ3) is 3.28. The minimum atomic E-state index is -3.24. The van der Waals surface area contributed by atoms with Crippen LogP contribution < -0.4 is 5.73 Å². The van der Waals surface area contributed by atoms with E-state index in [2.05, 4.69) is 4.98 Å². The molecule has 1 saturated heterocycles. The predicted molar refractivity (Wildman–Crippen MR) is 70.4 cm³/mol. The lowest BCUT2D eigenvalue weighted by Crippen LogP contribution is -2.39. The van der Waals surface area contributed by atoms with E-state index in [9.17, 15) is 8.42 Å². The Morgan fingerprint density at radius 2 is 1.83 bits per heavy atom. The first kappa shape index (κ1) is 13.5. The van der Waals surface area contributed by atoms with Crippen LogP contribution in [0.3, 0.4) is 0 Å². The highest BCUT2D eigenvalue weighted by Gasteiger charge is 2.26. The molecular weight excluding hydrogens is 250 g/mol. The SMILES string of the molecule is NC(CS(=O)(=O)N1CCCCC1)c1ccncc1. The van der Waals surface area contributed by atoms with Crippen molar-refractivity contribution in [3.63, 3.8) is 0 Å². The number of hydrogen-bond acceptors (Lipinski definition) is 4. The normalized spacial score (nSPS) is 19.6. The topological polar surface area (TPSA) is 76.3 Å². The maximum atomic E-state index is 12.2. The minimum absolute atomic E-state index is 0.0307. The van der Waals surface area contributed by atoms with Gasteiger partial charge < -0.3 is 5.73 Å². The lowest BCUT2D eigenvalue weighted by Gasteiger charge is -2.27. The molecule has 1 aromatic rings. The maximum Gasteiger partial charge on any atom is 0.215 e. The molecule has 0 spiro atoms. The van der Waals surface area contributed by atoms with Gasteiger partial charge in [0.25, 0.3) is 0 Å². The van der Waals surface area contributed by atoms with Gasteiger partial charge in [-0.2, -0.15) is 0 Å². The molecule has 1 aliphatic rings. The second kappa shape index (κ2) is 5.77. The molecule has 100 valence electrons. The Kier molecular flexibility index (Phi) is 4.31. The molecule has 6 heteroatoms. The summed E-state index contributed by atoms with van der Waals surface area (Å²) in [5, 5.41) is 0. The maximum absolute atomic E-state index is 12.2. The van der Waals surface area contributed by atoms with E-state index in [1.54, 1.807) is 28.8 Å². The van der Waals surface area contributed by atoms with E-state index in [-0.39, 0.29) is 5.75 Å². The fourth-order valence-corrected chi connectivity index (χ4v) is 3.85. The summed E-state index contributed by atoms with van der Waals surface area (Å²) in [5.74, 6) is -0.0307. The number of rotatable bonds is 4. The average Bonchev–Trinajstić information content (AvgIpc) is 2.40. The highest BCUT2D eigenvalue weighted by molar-refractivity contribution is 7.89. The smallest absolute Gasteiger partial charge is 0.215 e. The van der Waals surface area contributed by atoms with Gasteiger partial charge in [-0.1, -0.05) is 6.42 Å². The van der Waals surface area contributed by atoms with Crippen molar-refractivity contribution in [3.8, 4) is 0 Å². The highest BCUT2D eigenvalue weighted by atomic mass is 32.2. The lowest BCUT2D eigenvalue weighted by molar-refractivity contribution is 0.345. The first-order chi connectivity index (χ1) is 8.59. The zero-order chi connectivity index (χ0) is 13.0. The van der Waals surface area contributed by atoms with Crippen molar-refractivity contribution in [1.82, 2.24) is 9.29 Å². The van der Waals surface area contributed by atoms with Gasteiger partial charge in [0, 0.05) is 31.5 Å². The Morgan fingerprint density at radius 1 is 1.22 bits per heavy atom. The number of pyridine rings is 1. The van der Waals surface area contributed by atoms with Crippen molar-refractivity contribution in [1.29, 1.82) is 0 Å². The van der Waals surface area contributed by atoms with Crippen LogP contribution in [-0.2, 0) is 10.0 Å². The molecule has 0 radical (unpaired) electrons. The fourth-order valence-electron chi connectivity index (χ4n) is 2.18. The van der Waals surface area contributed by atoms with Crippen LogP contribution in [0.1, 0.15) is 30.9 Å². The van der Waals surface area contributed by atoms with Crippen LogP contribution >= 0.6 is 0 Å². The molecule has 2 heterocycles. The molecule has 1 aliphatic heterocycles. The van der Waals surface area contributed by atoms with Gasteiger partial charge in [-0.3, -0.25) is 4.98 Å². The van der Waals surface area contributed by atoms with E-state index < -0.39 is 16.1 Å². The largest absolute Gasteiger partial charge is 0.323 e. The molecule has 18 heavy (non-hydrogen) atoms. The Labute approximate surface area is 108 Å². The molecule has 0 aromatic carbocycles. The molecule has 1 fully saturated rings. The van der Waals surface area contributed by atoms with Gasteiger partial charge in [-0.25, -0.2) is 12.7 Å². The van der Waals surface area contributed by atoms with Gasteiger partial charge in [0.15, 0.2) is 0 Å². The second-order valence-corrected chi connectivity index (χ2v) is 6.64. The van der Waals surface area contributed by atoms with Crippen LogP contribution in [0.25, 0.3) is 0 Å². The molecule has 0 bridgehead atoms. The van der Waals surface area contributed by atoms with E-state index in [1.807, 2.05) is 0 Å². The number of hydrogen-bond donors (Lipinski definition) is 1. The second-order valence-electron chi connectivity index (χ2n) is 4.63. The summed E-state index contributed by atoms with van der Waals surface area (Å²) in [4.78, 5) is 3.90. The summed E-state index contributed by atoms with van der Waals surface area (Å²) in [6, 6.07) is 3.03. The summed E-state index contributed by atoms with van der Waals surface area (Å²) < 4.78 is 26.0. The monoisotopic (exact) mass is 269 g/mol. The van der Waals surface area contributed by atoms with Crippen molar-refractivity contribution >= 4 is 10.0 Å². The summed E-state index contributed by atoms with van der Waals surface area (Å²) >= 11 is 0. The van der Waals surface area contributed by atoms with Crippen molar-refractivity contribution in [2.75, 3.05) is 18.8 Å². The molecule has 2 N–H and O–H groups in total. The van der Waals surface area contributed by atoms with Gasteiger partial charge in [-0.15, -0.1) is 0 Å². The molecule has 0 aliphatic carbocycles. The van der Waals surface area contributed by atoms with Gasteiger partial charge in [0.05, 0.1) is 5.75 Å². The Bertz CT molecular complexity index is 469. The van der Waals surface area contributed by atoms with Crippen molar-refractivity contribution in [3.05, 3.63) is 30.1 Å². The highest BCUT2D eigenvalue weighted by Crippen LogP contribution is 2.18. The summed E-state index contributed by atoms with van der Waals surface area (Å²) in [6.07, 6.45) is 6.27. The summed E-state index contributed by atoms with van der Waals surface area (Å²) in [5.41, 5.74) is 6.76. The van der Waals surface area contributed by atoms with Crippen LogP contribution in [-0.4, -0.2) is 36.5 Å². The molecule has 2 rings (SSSR count). The molecule has 0 amide bonds. The molecule has 0 saturated carbocycles. The van der Waals surface area contributed by atoms with Crippen LogP contribution in [0.4, 0.5) is 0 Å². The van der Waals surface area contributed by atoms with E-state index in [1.165, 1.54) is 0 Å². The number of nitrogens with two attached hydrogens (primary N) is 1. The number of nitrogens with zero attached hydrogens (tertiary/aromatic N) is 2. The van der Waals surface area contributed by atoms with E-state index in [0.717, 1.165) is 24.8 Å². The van der Waals surface area contributed by atoms with Crippen LogP contribution in [0.2, 0.25) is 0 Å². The third-order valence-corrected chi connectivity index (χ3v) is 5.17. The first-order valence-electron chi connectivity index (χ1n) is 6.23. The standard InChI is InChI=1S/C12H19N3O2S/c13-12(11-4-6-14-7-5-11)10-18(16,17)15-8-2-1-3-9-15/h4-7,12H,1-3,8-10,13H2. The summed E-state index contributed by atoms with van der Waals surface area (Å²) in [7, 11) is -3.24. The van der Waals surface area contributed by atoms with Gasteiger partial charge >= 0.3 is 0 Å². The first-order valence-corrected chi connectivity index (χ1v) is 7.84. The molecule has 5 nitrogen and oxygen atoms in total. The average molecular weight is 269 g/mol. The Balaban J connectivity index is 2.03. The van der Waals surface area contributed by atoms with Crippen LogP contribution in [0, 0.1) is 0 Å². The summed E-state index contributed by atoms with van der Waals surface area (Å²) in [6.45, 7) is 1.26. The van der Waals surface area contributed by atoms with Crippen LogP contribution in [0.15, 0.2) is 24.5 Å².